The first-order valence-electron chi connectivity index (χ1n) is 5.40. The summed E-state index contributed by atoms with van der Waals surface area (Å²) in [5, 5.41) is 2.77. The van der Waals surface area contributed by atoms with Crippen molar-refractivity contribution < 1.29 is 4.79 Å². The molecule has 1 aliphatic rings. The smallest absolute Gasteiger partial charge is 0.234 e. The van der Waals surface area contributed by atoms with Gasteiger partial charge in [-0.15, -0.1) is 6.58 Å². The summed E-state index contributed by atoms with van der Waals surface area (Å²) in [5.41, 5.74) is 5.89. The summed E-state index contributed by atoms with van der Waals surface area (Å²) < 4.78 is 0. The molecule has 0 aromatic rings. The highest BCUT2D eigenvalue weighted by molar-refractivity contribution is 5.78. The van der Waals surface area contributed by atoms with E-state index < -0.39 is 0 Å². The molecule has 1 amide bonds. The summed E-state index contributed by atoms with van der Waals surface area (Å²) in [6.07, 6.45) is 2.77. The van der Waals surface area contributed by atoms with Crippen LogP contribution in [0.15, 0.2) is 12.7 Å². The van der Waals surface area contributed by atoms with Crippen LogP contribution >= 0.6 is 0 Å². The normalized spacial score (nSPS) is 26.5. The third kappa shape index (κ3) is 3.64. The van der Waals surface area contributed by atoms with Crippen LogP contribution in [0.2, 0.25) is 0 Å². The highest BCUT2D eigenvalue weighted by Gasteiger charge is 2.32. The van der Waals surface area contributed by atoms with Gasteiger partial charge >= 0.3 is 0 Å². The van der Waals surface area contributed by atoms with Crippen molar-refractivity contribution >= 4 is 5.91 Å². The van der Waals surface area contributed by atoms with Crippen LogP contribution in [0.3, 0.4) is 0 Å². The Balaban J connectivity index is 2.29. The number of nitrogens with two attached hydrogens (primary N) is 1. The average molecular weight is 211 g/mol. The monoisotopic (exact) mass is 211 g/mol. The molecule has 0 saturated carbocycles. The van der Waals surface area contributed by atoms with Crippen LogP contribution in [0, 0.1) is 5.41 Å². The first-order valence-corrected chi connectivity index (χ1v) is 5.40. The fourth-order valence-electron chi connectivity index (χ4n) is 1.87. The second kappa shape index (κ2) is 5.28. The second-order valence-electron chi connectivity index (χ2n) is 4.57. The number of likely N-dealkylation sites (tertiary alicyclic amines) is 1. The fraction of sp³-hybridized carbons (Fsp3) is 0.727. The first kappa shape index (κ1) is 12.2. The molecule has 86 valence electrons. The number of hydrogen-bond donors (Lipinski definition) is 2. The van der Waals surface area contributed by atoms with Crippen molar-refractivity contribution in [1.82, 2.24) is 10.2 Å². The maximum absolute atomic E-state index is 11.4. The van der Waals surface area contributed by atoms with E-state index in [-0.39, 0.29) is 11.3 Å². The van der Waals surface area contributed by atoms with Gasteiger partial charge in [0.15, 0.2) is 0 Å². The molecule has 1 saturated heterocycles. The minimum atomic E-state index is 0.0659. The Morgan fingerprint density at radius 3 is 3.00 bits per heavy atom. The Morgan fingerprint density at radius 1 is 1.73 bits per heavy atom. The summed E-state index contributed by atoms with van der Waals surface area (Å²) in [6, 6.07) is 0. The van der Waals surface area contributed by atoms with Crippen LogP contribution in [0.1, 0.15) is 13.3 Å². The molecule has 15 heavy (non-hydrogen) atoms. The van der Waals surface area contributed by atoms with Crippen molar-refractivity contribution in [2.75, 3.05) is 32.7 Å². The average Bonchev–Trinajstić information content (AvgIpc) is 2.58. The van der Waals surface area contributed by atoms with Gasteiger partial charge in [0.1, 0.15) is 0 Å². The zero-order chi connectivity index (χ0) is 11.3. The largest absolute Gasteiger partial charge is 0.352 e. The van der Waals surface area contributed by atoms with Gasteiger partial charge in [0.25, 0.3) is 0 Å². The Labute approximate surface area is 91.5 Å². The Bertz CT molecular complexity index is 242. The van der Waals surface area contributed by atoms with E-state index in [0.29, 0.717) is 19.6 Å². The topological polar surface area (TPSA) is 58.4 Å². The number of amides is 1. The molecular formula is C11H21N3O. The minimum Gasteiger partial charge on any atom is -0.352 e. The minimum absolute atomic E-state index is 0.0659. The van der Waals surface area contributed by atoms with Gasteiger partial charge in [0, 0.05) is 13.1 Å². The number of hydrogen-bond acceptors (Lipinski definition) is 3. The molecule has 0 aliphatic carbocycles. The van der Waals surface area contributed by atoms with E-state index in [0.717, 1.165) is 19.5 Å². The molecule has 4 nitrogen and oxygen atoms in total. The third-order valence-corrected chi connectivity index (χ3v) is 2.94. The van der Waals surface area contributed by atoms with Crippen molar-refractivity contribution in [2.45, 2.75) is 13.3 Å². The Morgan fingerprint density at radius 2 is 2.47 bits per heavy atom. The van der Waals surface area contributed by atoms with Crippen molar-refractivity contribution in [1.29, 1.82) is 0 Å². The van der Waals surface area contributed by atoms with Gasteiger partial charge in [-0.1, -0.05) is 13.0 Å². The molecular weight excluding hydrogens is 190 g/mol. The number of nitrogens with one attached hydrogen (secondary N) is 1. The maximum atomic E-state index is 11.4. The fourth-order valence-corrected chi connectivity index (χ4v) is 1.87. The molecule has 1 heterocycles. The third-order valence-electron chi connectivity index (χ3n) is 2.94. The molecule has 1 fully saturated rings. The van der Waals surface area contributed by atoms with Crippen LogP contribution in [0.5, 0.6) is 0 Å². The zero-order valence-corrected chi connectivity index (χ0v) is 9.46. The zero-order valence-electron chi connectivity index (χ0n) is 9.46. The molecule has 0 bridgehead atoms. The van der Waals surface area contributed by atoms with Gasteiger partial charge in [0.2, 0.25) is 5.91 Å². The van der Waals surface area contributed by atoms with Gasteiger partial charge in [-0.2, -0.15) is 0 Å². The molecule has 4 heteroatoms. The lowest BCUT2D eigenvalue weighted by atomic mass is 9.90. The van der Waals surface area contributed by atoms with Crippen LogP contribution in [-0.2, 0) is 4.79 Å². The lowest BCUT2D eigenvalue weighted by Crippen LogP contribution is -2.38. The molecule has 1 aliphatic heterocycles. The predicted octanol–water partition coefficient (Wildman–Crippen LogP) is -0.0407. The van der Waals surface area contributed by atoms with Crippen LogP contribution < -0.4 is 11.1 Å². The van der Waals surface area contributed by atoms with Crippen molar-refractivity contribution in [3.8, 4) is 0 Å². The molecule has 1 rings (SSSR count). The summed E-state index contributed by atoms with van der Waals surface area (Å²) in [7, 11) is 0. The van der Waals surface area contributed by atoms with Gasteiger partial charge in [0.05, 0.1) is 6.54 Å². The number of rotatable bonds is 5. The van der Waals surface area contributed by atoms with Crippen LogP contribution in [0.4, 0.5) is 0 Å². The quantitative estimate of drug-likeness (QED) is 0.627. The SMILES string of the molecule is C=CCNC(=O)CN1CCC(C)(CN)C1. The molecule has 0 radical (unpaired) electrons. The Hall–Kier alpha value is -0.870. The number of carbonyl (C=O) groups is 1. The number of nitrogens with zero attached hydrogens (tertiary/aromatic N) is 1. The molecule has 0 aromatic heterocycles. The molecule has 3 N–H and O–H groups in total. The van der Waals surface area contributed by atoms with E-state index in [1.54, 1.807) is 6.08 Å². The second-order valence-corrected chi connectivity index (χ2v) is 4.57. The molecule has 0 spiro atoms. The van der Waals surface area contributed by atoms with Crippen LogP contribution in [-0.4, -0.2) is 43.5 Å². The highest BCUT2D eigenvalue weighted by atomic mass is 16.2. The summed E-state index contributed by atoms with van der Waals surface area (Å²) in [6.45, 7) is 9.33. The highest BCUT2D eigenvalue weighted by Crippen LogP contribution is 2.27. The van der Waals surface area contributed by atoms with Gasteiger partial charge in [-0.3, -0.25) is 9.69 Å². The lowest BCUT2D eigenvalue weighted by Gasteiger charge is -2.22. The summed E-state index contributed by atoms with van der Waals surface area (Å²) in [4.78, 5) is 13.6. The summed E-state index contributed by atoms with van der Waals surface area (Å²) >= 11 is 0. The van der Waals surface area contributed by atoms with E-state index >= 15 is 0 Å². The van der Waals surface area contributed by atoms with E-state index in [4.69, 9.17) is 5.73 Å². The Kier molecular flexibility index (Phi) is 4.29. The molecule has 0 aromatic carbocycles. The van der Waals surface area contributed by atoms with Gasteiger partial charge in [-0.05, 0) is 24.9 Å². The van der Waals surface area contributed by atoms with E-state index in [9.17, 15) is 4.79 Å². The standard InChI is InChI=1S/C11H21N3O/c1-3-5-13-10(15)7-14-6-4-11(2,8-12)9-14/h3H,1,4-9,12H2,2H3,(H,13,15). The number of carbonyl (C=O) groups excluding carboxylic acids is 1. The van der Waals surface area contributed by atoms with Gasteiger partial charge in [-0.25, -0.2) is 0 Å². The van der Waals surface area contributed by atoms with E-state index in [1.165, 1.54) is 0 Å². The van der Waals surface area contributed by atoms with E-state index in [1.807, 2.05) is 0 Å². The van der Waals surface area contributed by atoms with Gasteiger partial charge < -0.3 is 11.1 Å². The van der Waals surface area contributed by atoms with Crippen LogP contribution in [0.25, 0.3) is 0 Å². The van der Waals surface area contributed by atoms with Crippen molar-refractivity contribution in [3.63, 3.8) is 0 Å². The first-order chi connectivity index (χ1) is 7.09. The van der Waals surface area contributed by atoms with Crippen molar-refractivity contribution in [3.05, 3.63) is 12.7 Å². The maximum Gasteiger partial charge on any atom is 0.234 e. The predicted molar refractivity (Wildman–Crippen MR) is 61.4 cm³/mol. The lowest BCUT2D eigenvalue weighted by molar-refractivity contribution is -0.121. The van der Waals surface area contributed by atoms with Crippen molar-refractivity contribution in [2.24, 2.45) is 11.1 Å². The van der Waals surface area contributed by atoms with E-state index in [2.05, 4.69) is 23.7 Å². The summed E-state index contributed by atoms with van der Waals surface area (Å²) in [5.74, 6) is 0.0659. The molecule has 1 unspecified atom stereocenters. The molecule has 1 atom stereocenters.